The van der Waals surface area contributed by atoms with Gasteiger partial charge in [0.1, 0.15) is 5.52 Å². The van der Waals surface area contributed by atoms with E-state index in [-0.39, 0.29) is 0 Å². The minimum atomic E-state index is 0.737. The zero-order valence-electron chi connectivity index (χ0n) is 10.7. The summed E-state index contributed by atoms with van der Waals surface area (Å²) in [4.78, 5) is 4.34. The van der Waals surface area contributed by atoms with Gasteiger partial charge in [-0.1, -0.05) is 0 Å². The van der Waals surface area contributed by atoms with E-state index in [2.05, 4.69) is 37.0 Å². The number of aryl methyl sites for hydroxylation is 1. The zero-order chi connectivity index (χ0) is 13.5. The van der Waals surface area contributed by atoms with Crippen LogP contribution in [0, 0.1) is 6.92 Å². The smallest absolute Gasteiger partial charge is 0.178 e. The number of pyridine rings is 1. The molecule has 0 amide bonds. The molecule has 0 spiro atoms. The molecule has 0 atom stereocenters. The van der Waals surface area contributed by atoms with Crippen LogP contribution in [0.25, 0.3) is 21.1 Å². The Bertz CT molecular complexity index is 908. The highest BCUT2D eigenvalue weighted by Gasteiger charge is 2.08. The summed E-state index contributed by atoms with van der Waals surface area (Å²) in [5, 5.41) is 11.7. The molecule has 0 saturated carbocycles. The van der Waals surface area contributed by atoms with Gasteiger partial charge in [-0.3, -0.25) is 10.1 Å². The summed E-state index contributed by atoms with van der Waals surface area (Å²) >= 11 is 1.51. The Morgan fingerprint density at radius 2 is 2.20 bits per heavy atom. The van der Waals surface area contributed by atoms with E-state index in [1.807, 2.05) is 25.1 Å². The van der Waals surface area contributed by atoms with Crippen LogP contribution in [-0.2, 0) is 0 Å². The van der Waals surface area contributed by atoms with Gasteiger partial charge in [-0.2, -0.15) is 9.47 Å². The van der Waals surface area contributed by atoms with Crippen molar-refractivity contribution in [1.29, 1.82) is 0 Å². The van der Waals surface area contributed by atoms with Crippen molar-refractivity contribution >= 4 is 44.2 Å². The number of rotatable bonds is 2. The molecule has 0 fully saturated rings. The summed E-state index contributed by atoms with van der Waals surface area (Å²) in [7, 11) is 0. The Morgan fingerprint density at radius 1 is 1.25 bits per heavy atom. The third-order valence-electron chi connectivity index (χ3n) is 3.24. The summed E-state index contributed by atoms with van der Waals surface area (Å²) in [6, 6.07) is 10.0. The molecule has 3 heterocycles. The van der Waals surface area contributed by atoms with Gasteiger partial charge in [0.2, 0.25) is 0 Å². The molecule has 98 valence electrons. The number of hydrogen-bond acceptors (Lipinski definition) is 5. The Kier molecular flexibility index (Phi) is 2.43. The number of anilines is 2. The molecule has 0 radical (unpaired) electrons. The lowest BCUT2D eigenvalue weighted by atomic mass is 10.2. The van der Waals surface area contributed by atoms with Crippen molar-refractivity contribution in [3.05, 3.63) is 42.2 Å². The first-order valence-electron chi connectivity index (χ1n) is 6.23. The van der Waals surface area contributed by atoms with Gasteiger partial charge in [0, 0.05) is 17.3 Å². The SMILES string of the molecule is Cc1nsc2cc(Nc3n[nH]c4cccnc34)ccc12. The molecule has 20 heavy (non-hydrogen) atoms. The fraction of sp³-hybridized carbons (Fsp3) is 0.0714. The van der Waals surface area contributed by atoms with E-state index >= 15 is 0 Å². The summed E-state index contributed by atoms with van der Waals surface area (Å²) in [5.74, 6) is 0.737. The molecule has 0 saturated heterocycles. The normalized spacial score (nSPS) is 11.2. The number of aromatic nitrogens is 4. The third kappa shape index (κ3) is 1.73. The van der Waals surface area contributed by atoms with Gasteiger partial charge in [-0.05, 0) is 48.8 Å². The fourth-order valence-corrected chi connectivity index (χ4v) is 3.05. The van der Waals surface area contributed by atoms with Crippen LogP contribution in [0.5, 0.6) is 0 Å². The maximum Gasteiger partial charge on any atom is 0.178 e. The molecule has 0 bridgehead atoms. The summed E-state index contributed by atoms with van der Waals surface area (Å²) < 4.78 is 5.53. The second kappa shape index (κ2) is 4.28. The van der Waals surface area contributed by atoms with Crippen LogP contribution >= 0.6 is 11.5 Å². The van der Waals surface area contributed by atoms with Crippen LogP contribution in [0.15, 0.2) is 36.5 Å². The molecule has 0 unspecified atom stereocenters. The van der Waals surface area contributed by atoms with Crippen LogP contribution in [0.2, 0.25) is 0 Å². The summed E-state index contributed by atoms with van der Waals surface area (Å²) in [6.45, 7) is 2.02. The molecular weight excluding hydrogens is 270 g/mol. The molecule has 0 aliphatic carbocycles. The van der Waals surface area contributed by atoms with E-state index in [4.69, 9.17) is 0 Å². The van der Waals surface area contributed by atoms with Crippen LogP contribution < -0.4 is 5.32 Å². The van der Waals surface area contributed by atoms with Gasteiger partial charge in [0.05, 0.1) is 15.9 Å². The fourth-order valence-electron chi connectivity index (χ4n) is 2.22. The average molecular weight is 281 g/mol. The molecule has 6 heteroatoms. The van der Waals surface area contributed by atoms with Crippen molar-refractivity contribution in [2.45, 2.75) is 6.92 Å². The second-order valence-electron chi connectivity index (χ2n) is 4.58. The lowest BCUT2D eigenvalue weighted by Gasteiger charge is -2.03. The van der Waals surface area contributed by atoms with Crippen molar-refractivity contribution in [1.82, 2.24) is 19.6 Å². The first-order valence-corrected chi connectivity index (χ1v) is 7.01. The largest absolute Gasteiger partial charge is 0.337 e. The second-order valence-corrected chi connectivity index (χ2v) is 5.38. The number of nitrogens with one attached hydrogen (secondary N) is 2. The molecule has 4 aromatic rings. The average Bonchev–Trinajstić information content (AvgIpc) is 3.04. The number of benzene rings is 1. The summed E-state index contributed by atoms with van der Waals surface area (Å²) in [6.07, 6.45) is 1.76. The molecule has 4 rings (SSSR count). The highest BCUT2D eigenvalue weighted by Crippen LogP contribution is 2.28. The minimum absolute atomic E-state index is 0.737. The van der Waals surface area contributed by atoms with Crippen molar-refractivity contribution in [3.8, 4) is 0 Å². The highest BCUT2D eigenvalue weighted by atomic mass is 32.1. The highest BCUT2D eigenvalue weighted by molar-refractivity contribution is 7.13. The van der Waals surface area contributed by atoms with E-state index < -0.39 is 0 Å². The molecular formula is C14H11N5S. The maximum absolute atomic E-state index is 4.36. The van der Waals surface area contributed by atoms with Crippen molar-refractivity contribution in [2.75, 3.05) is 5.32 Å². The number of H-pyrrole nitrogens is 1. The zero-order valence-corrected chi connectivity index (χ0v) is 11.5. The van der Waals surface area contributed by atoms with Crippen LogP contribution in [-0.4, -0.2) is 19.6 Å². The van der Waals surface area contributed by atoms with E-state index in [1.165, 1.54) is 21.6 Å². The first-order chi connectivity index (χ1) is 9.81. The lowest BCUT2D eigenvalue weighted by molar-refractivity contribution is 1.12. The molecule has 2 N–H and O–H groups in total. The molecule has 3 aromatic heterocycles. The van der Waals surface area contributed by atoms with Crippen LogP contribution in [0.3, 0.4) is 0 Å². The topological polar surface area (TPSA) is 66.5 Å². The molecule has 0 aliphatic rings. The van der Waals surface area contributed by atoms with Gasteiger partial charge in [0.15, 0.2) is 5.82 Å². The number of nitrogens with zero attached hydrogens (tertiary/aromatic N) is 3. The van der Waals surface area contributed by atoms with Gasteiger partial charge in [-0.15, -0.1) is 0 Å². The van der Waals surface area contributed by atoms with E-state index in [1.54, 1.807) is 6.20 Å². The first kappa shape index (κ1) is 11.4. The van der Waals surface area contributed by atoms with Gasteiger partial charge >= 0.3 is 0 Å². The van der Waals surface area contributed by atoms with Crippen molar-refractivity contribution in [3.63, 3.8) is 0 Å². The van der Waals surface area contributed by atoms with Crippen molar-refractivity contribution < 1.29 is 0 Å². The van der Waals surface area contributed by atoms with Crippen LogP contribution in [0.1, 0.15) is 5.69 Å². The predicted octanol–water partition coefficient (Wildman–Crippen LogP) is 3.62. The number of aromatic amines is 1. The molecule has 5 nitrogen and oxygen atoms in total. The Hall–Kier alpha value is -2.47. The molecule has 1 aromatic carbocycles. The van der Waals surface area contributed by atoms with E-state index in [0.717, 1.165) is 28.2 Å². The number of hydrogen-bond donors (Lipinski definition) is 2. The van der Waals surface area contributed by atoms with Crippen LogP contribution in [0.4, 0.5) is 11.5 Å². The van der Waals surface area contributed by atoms with E-state index in [9.17, 15) is 0 Å². The minimum Gasteiger partial charge on any atom is -0.337 e. The Labute approximate surface area is 118 Å². The van der Waals surface area contributed by atoms with Gasteiger partial charge < -0.3 is 5.32 Å². The summed E-state index contributed by atoms with van der Waals surface area (Å²) in [5.41, 5.74) is 3.82. The van der Waals surface area contributed by atoms with Crippen molar-refractivity contribution in [2.24, 2.45) is 0 Å². The maximum atomic E-state index is 4.36. The molecule has 0 aliphatic heterocycles. The van der Waals surface area contributed by atoms with E-state index in [0.29, 0.717) is 0 Å². The third-order valence-corrected chi connectivity index (χ3v) is 4.13. The van der Waals surface area contributed by atoms with Gasteiger partial charge in [0.25, 0.3) is 0 Å². The quantitative estimate of drug-likeness (QED) is 0.589. The number of fused-ring (bicyclic) bond motifs is 2. The standard InChI is InChI=1S/C14H11N5S/c1-8-10-5-4-9(7-12(10)20-19-8)16-14-13-11(17-18-14)3-2-6-15-13/h2-7H,1H3,(H2,16,17,18). The lowest BCUT2D eigenvalue weighted by Crippen LogP contribution is -1.91. The Balaban J connectivity index is 1.76. The van der Waals surface area contributed by atoms with Gasteiger partial charge in [-0.25, -0.2) is 0 Å². The predicted molar refractivity (Wildman–Crippen MR) is 81.5 cm³/mol. The Morgan fingerprint density at radius 3 is 3.15 bits per heavy atom. The monoisotopic (exact) mass is 281 g/mol.